The fourth-order valence-electron chi connectivity index (χ4n) is 12.4. The Balaban J connectivity index is 1.10. The highest BCUT2D eigenvalue weighted by atomic mass is 31.1. The van der Waals surface area contributed by atoms with Gasteiger partial charge in [-0.1, -0.05) is 15.8 Å². The Bertz CT molecular complexity index is 581. The molecule has 30 heavy (non-hydrogen) atoms. The first-order valence-electron chi connectivity index (χ1n) is 14.2. The van der Waals surface area contributed by atoms with Crippen LogP contribution in [0.15, 0.2) is 0 Å². The SMILES string of the molecule is C1C[C@H]([C@H]2CCC[P@@]2C23CC4CC(CC(C4)C2)C3)[P@](C23CC4CC(CC(C4)C2)C3)C1. The Labute approximate surface area is 188 Å². The van der Waals surface area contributed by atoms with Crippen molar-refractivity contribution >= 4 is 15.8 Å². The van der Waals surface area contributed by atoms with E-state index in [0.29, 0.717) is 15.8 Å². The summed E-state index contributed by atoms with van der Waals surface area (Å²) in [5.74, 6) is 7.05. The molecule has 10 fully saturated rings. The third kappa shape index (κ3) is 2.71. The zero-order valence-corrected chi connectivity index (χ0v) is 21.0. The topological polar surface area (TPSA) is 0 Å². The third-order valence-corrected chi connectivity index (χ3v) is 20.5. The molecule has 0 spiro atoms. The van der Waals surface area contributed by atoms with Gasteiger partial charge in [0.15, 0.2) is 0 Å². The highest BCUT2D eigenvalue weighted by Gasteiger charge is 2.60. The minimum atomic E-state index is 0.355. The van der Waals surface area contributed by atoms with E-state index in [1.54, 1.807) is 115 Å². The maximum atomic E-state index is 1.71. The monoisotopic (exact) mass is 442 g/mol. The molecule has 10 aliphatic rings. The predicted molar refractivity (Wildman–Crippen MR) is 131 cm³/mol. The van der Waals surface area contributed by atoms with Crippen molar-refractivity contribution in [3.05, 3.63) is 0 Å². The van der Waals surface area contributed by atoms with Crippen LogP contribution >= 0.6 is 15.8 Å². The molecule has 0 radical (unpaired) electrons. The molecule has 0 unspecified atom stereocenters. The van der Waals surface area contributed by atoms with E-state index in [2.05, 4.69) is 0 Å². The van der Waals surface area contributed by atoms with Gasteiger partial charge in [-0.3, -0.25) is 0 Å². The molecule has 0 aromatic rings. The molecule has 166 valence electrons. The molecule has 0 nitrogen and oxygen atoms in total. The van der Waals surface area contributed by atoms with E-state index in [1.165, 1.54) is 46.8 Å². The molecule has 2 heteroatoms. The van der Waals surface area contributed by atoms with Crippen molar-refractivity contribution in [3.8, 4) is 0 Å². The molecular weight excluding hydrogens is 398 g/mol. The first kappa shape index (κ1) is 19.2. The fraction of sp³-hybridized carbons (Fsp3) is 1.00. The van der Waals surface area contributed by atoms with E-state index in [9.17, 15) is 0 Å². The molecule has 0 aromatic carbocycles. The average molecular weight is 443 g/mol. The predicted octanol–water partition coefficient (Wildman–Crippen LogP) is 8.21. The van der Waals surface area contributed by atoms with Crippen LogP contribution < -0.4 is 0 Å². The second-order valence-electron chi connectivity index (χ2n) is 14.1. The Kier molecular flexibility index (Phi) is 4.30. The molecule has 0 N–H and O–H groups in total. The van der Waals surface area contributed by atoms with Crippen LogP contribution in [0, 0.1) is 35.5 Å². The number of hydrogen-bond donors (Lipinski definition) is 0. The van der Waals surface area contributed by atoms with Crippen LogP contribution in [0.4, 0.5) is 0 Å². The van der Waals surface area contributed by atoms with Crippen LogP contribution in [-0.2, 0) is 0 Å². The second-order valence-corrected chi connectivity index (χ2v) is 20.1. The van der Waals surface area contributed by atoms with Gasteiger partial charge in [0.1, 0.15) is 0 Å². The Morgan fingerprint density at radius 3 is 1.03 bits per heavy atom. The quantitative estimate of drug-likeness (QED) is 0.386. The second kappa shape index (κ2) is 6.71. The molecule has 8 saturated carbocycles. The van der Waals surface area contributed by atoms with Crippen LogP contribution in [0.5, 0.6) is 0 Å². The molecule has 8 bridgehead atoms. The Hall–Kier alpha value is 0.860. The molecule has 8 aliphatic carbocycles. The van der Waals surface area contributed by atoms with Crippen LogP contribution in [0.25, 0.3) is 0 Å². The smallest absolute Gasteiger partial charge is 0.00838 e. The maximum absolute atomic E-state index is 1.71. The van der Waals surface area contributed by atoms with E-state index in [-0.39, 0.29) is 0 Å². The number of rotatable bonds is 3. The minimum absolute atomic E-state index is 0.355. The van der Waals surface area contributed by atoms with Gasteiger partial charge in [0.25, 0.3) is 0 Å². The van der Waals surface area contributed by atoms with Crippen molar-refractivity contribution in [2.24, 2.45) is 35.5 Å². The summed E-state index contributed by atoms with van der Waals surface area (Å²) in [6, 6.07) is 0. The molecule has 2 saturated heterocycles. The van der Waals surface area contributed by atoms with Gasteiger partial charge in [-0.25, -0.2) is 0 Å². The van der Waals surface area contributed by atoms with Crippen LogP contribution in [-0.4, -0.2) is 34.0 Å². The van der Waals surface area contributed by atoms with Gasteiger partial charge < -0.3 is 0 Å². The summed E-state index contributed by atoms with van der Waals surface area (Å²) in [7, 11) is 0.709. The lowest BCUT2D eigenvalue weighted by Gasteiger charge is -2.62. The summed E-state index contributed by atoms with van der Waals surface area (Å²) in [4.78, 5) is 0. The molecule has 2 aliphatic heterocycles. The van der Waals surface area contributed by atoms with Gasteiger partial charge >= 0.3 is 0 Å². The maximum Gasteiger partial charge on any atom is -0.00838 e. The number of hydrogen-bond acceptors (Lipinski definition) is 0. The van der Waals surface area contributed by atoms with Crippen LogP contribution in [0.3, 0.4) is 0 Å². The lowest BCUT2D eigenvalue weighted by molar-refractivity contribution is 0.0345. The summed E-state index contributed by atoms with van der Waals surface area (Å²) in [6.45, 7) is 0. The summed E-state index contributed by atoms with van der Waals surface area (Å²) >= 11 is 0. The van der Waals surface area contributed by atoms with Crippen molar-refractivity contribution in [3.63, 3.8) is 0 Å². The van der Waals surface area contributed by atoms with Gasteiger partial charge in [-0.2, -0.15) is 0 Å². The minimum Gasteiger partial charge on any atom is -0.0965 e. The van der Waals surface area contributed by atoms with Gasteiger partial charge in [0.2, 0.25) is 0 Å². The van der Waals surface area contributed by atoms with E-state index in [4.69, 9.17) is 0 Å². The van der Waals surface area contributed by atoms with E-state index in [1.807, 2.05) is 0 Å². The normalized spacial score (nSPS) is 63.2. The highest BCUT2D eigenvalue weighted by molar-refractivity contribution is 7.64. The van der Waals surface area contributed by atoms with Crippen LogP contribution in [0.1, 0.15) is 103 Å². The standard InChI is InChI=1S/C28H44P2/c1-3-25(29(5-1)27-13-19-7-20(14-27)9-21(8-19)15-27)26-4-2-6-30(26)28-16-22-10-23(17-28)12-24(11-22)18-28/h19-26H,1-18H2/t19?,20?,21?,22?,23?,24?,25-,26-,27?,28?,29-,30-/m1/s1. The zero-order valence-electron chi connectivity index (χ0n) is 19.2. The average Bonchev–Trinajstić information content (AvgIpc) is 3.36. The summed E-state index contributed by atoms with van der Waals surface area (Å²) < 4.78 is 0. The lowest BCUT2D eigenvalue weighted by atomic mass is 9.56. The molecule has 10 rings (SSSR count). The van der Waals surface area contributed by atoms with Crippen molar-refractivity contribution in [2.45, 2.75) is 124 Å². The third-order valence-electron chi connectivity index (χ3n) is 12.3. The van der Waals surface area contributed by atoms with Gasteiger partial charge in [-0.15, -0.1) is 0 Å². The van der Waals surface area contributed by atoms with E-state index < -0.39 is 0 Å². The highest BCUT2D eigenvalue weighted by Crippen LogP contribution is 2.79. The zero-order chi connectivity index (χ0) is 19.5. The molecule has 2 heterocycles. The molecule has 4 atom stereocenters. The van der Waals surface area contributed by atoms with E-state index >= 15 is 0 Å². The van der Waals surface area contributed by atoms with Gasteiger partial charge in [0.05, 0.1) is 0 Å². The van der Waals surface area contributed by atoms with E-state index in [0.717, 1.165) is 10.3 Å². The fourth-order valence-corrected chi connectivity index (χ4v) is 22.5. The Morgan fingerprint density at radius 2 is 0.733 bits per heavy atom. The van der Waals surface area contributed by atoms with Crippen molar-refractivity contribution in [1.29, 1.82) is 0 Å². The summed E-state index contributed by atoms with van der Waals surface area (Å²) in [6.07, 6.45) is 30.2. The molecular formula is C28H44P2. The first-order valence-corrected chi connectivity index (χ1v) is 17.4. The summed E-state index contributed by atoms with van der Waals surface area (Å²) in [5.41, 5.74) is 2.50. The Morgan fingerprint density at radius 1 is 0.433 bits per heavy atom. The first-order chi connectivity index (χ1) is 14.7. The van der Waals surface area contributed by atoms with Crippen LogP contribution in [0.2, 0.25) is 0 Å². The largest absolute Gasteiger partial charge is 0.0965 e. The van der Waals surface area contributed by atoms with Crippen molar-refractivity contribution < 1.29 is 0 Å². The lowest BCUT2D eigenvalue weighted by Crippen LogP contribution is -2.52. The van der Waals surface area contributed by atoms with Gasteiger partial charge in [-0.05, 0) is 172 Å². The summed E-state index contributed by atoms with van der Waals surface area (Å²) in [5, 5.41) is 1.83. The van der Waals surface area contributed by atoms with Gasteiger partial charge in [0, 0.05) is 0 Å². The molecule has 0 amide bonds. The molecule has 0 aromatic heterocycles. The van der Waals surface area contributed by atoms with Crippen molar-refractivity contribution in [2.75, 3.05) is 12.3 Å². The van der Waals surface area contributed by atoms with Crippen molar-refractivity contribution in [1.82, 2.24) is 0 Å².